The van der Waals surface area contributed by atoms with E-state index in [1.54, 1.807) is 6.92 Å². The van der Waals surface area contributed by atoms with Crippen LogP contribution in [0.5, 0.6) is 0 Å². The molecule has 1 saturated carbocycles. The zero-order valence-corrected chi connectivity index (χ0v) is 10.4. The van der Waals surface area contributed by atoms with Gasteiger partial charge in [0.25, 0.3) is 0 Å². The van der Waals surface area contributed by atoms with Gasteiger partial charge in [-0.3, -0.25) is 4.79 Å². The summed E-state index contributed by atoms with van der Waals surface area (Å²) in [5.74, 6) is 0.533. The summed E-state index contributed by atoms with van der Waals surface area (Å²) in [7, 11) is 0. The van der Waals surface area contributed by atoms with E-state index in [4.69, 9.17) is 0 Å². The van der Waals surface area contributed by atoms with Gasteiger partial charge in [0.1, 0.15) is 11.6 Å². The Balaban J connectivity index is 2.84. The second kappa shape index (κ2) is 4.07. The van der Waals surface area contributed by atoms with E-state index in [1.807, 2.05) is 6.92 Å². The van der Waals surface area contributed by atoms with Crippen LogP contribution in [0.4, 0.5) is 0 Å². The van der Waals surface area contributed by atoms with Crippen LogP contribution in [0, 0.1) is 10.8 Å². The maximum Gasteiger partial charge on any atom is 0.139 e. The van der Waals surface area contributed by atoms with Gasteiger partial charge in [-0.2, -0.15) is 0 Å². The fourth-order valence-electron chi connectivity index (χ4n) is 2.52. The van der Waals surface area contributed by atoms with Crippen molar-refractivity contribution < 1.29 is 9.59 Å². The van der Waals surface area contributed by atoms with E-state index in [-0.39, 0.29) is 16.6 Å². The number of rotatable bonds is 3. The van der Waals surface area contributed by atoms with Gasteiger partial charge >= 0.3 is 0 Å². The first-order valence-corrected chi connectivity index (χ1v) is 5.82. The average molecular weight is 210 g/mol. The molecule has 0 aromatic heterocycles. The molecule has 1 fully saturated rings. The third-order valence-electron chi connectivity index (χ3n) is 4.29. The van der Waals surface area contributed by atoms with Crippen molar-refractivity contribution in [2.75, 3.05) is 0 Å². The molecule has 1 aliphatic rings. The molecule has 0 aromatic carbocycles. The first-order chi connectivity index (χ1) is 6.79. The standard InChI is InChI=1S/C13H22O2/c1-10(14)7-9-13(4)11(15)6-5-8-12(13,2)3/h5-9H2,1-4H3. The van der Waals surface area contributed by atoms with E-state index < -0.39 is 0 Å². The highest BCUT2D eigenvalue weighted by molar-refractivity contribution is 5.87. The van der Waals surface area contributed by atoms with Crippen LogP contribution in [0.1, 0.15) is 59.8 Å². The molecule has 0 amide bonds. The Morgan fingerprint density at radius 2 is 1.93 bits per heavy atom. The SMILES string of the molecule is CC(=O)CCC1(C)C(=O)CCCC1(C)C. The first kappa shape index (κ1) is 12.4. The third kappa shape index (κ3) is 2.30. The fraction of sp³-hybridized carbons (Fsp3) is 0.846. The molecule has 15 heavy (non-hydrogen) atoms. The molecule has 0 saturated heterocycles. The van der Waals surface area contributed by atoms with E-state index in [0.29, 0.717) is 25.0 Å². The Bertz CT molecular complexity index is 278. The minimum atomic E-state index is -0.295. The van der Waals surface area contributed by atoms with E-state index in [2.05, 4.69) is 13.8 Å². The highest BCUT2D eigenvalue weighted by Crippen LogP contribution is 2.50. The number of carbonyl (C=O) groups excluding carboxylic acids is 2. The van der Waals surface area contributed by atoms with Gasteiger partial charge < -0.3 is 4.79 Å². The molecule has 0 radical (unpaired) electrons. The largest absolute Gasteiger partial charge is 0.300 e. The third-order valence-corrected chi connectivity index (χ3v) is 4.29. The lowest BCUT2D eigenvalue weighted by atomic mass is 9.56. The van der Waals surface area contributed by atoms with Crippen LogP contribution in [-0.2, 0) is 9.59 Å². The number of hydrogen-bond acceptors (Lipinski definition) is 2. The number of carbonyl (C=O) groups is 2. The summed E-state index contributed by atoms with van der Waals surface area (Å²) in [5, 5.41) is 0. The molecule has 0 heterocycles. The van der Waals surface area contributed by atoms with Gasteiger partial charge in [0.2, 0.25) is 0 Å². The van der Waals surface area contributed by atoms with Gasteiger partial charge in [0.15, 0.2) is 0 Å². The minimum Gasteiger partial charge on any atom is -0.300 e. The van der Waals surface area contributed by atoms with Gasteiger partial charge in [0, 0.05) is 18.3 Å². The van der Waals surface area contributed by atoms with E-state index in [9.17, 15) is 9.59 Å². The van der Waals surface area contributed by atoms with Crippen LogP contribution in [0.25, 0.3) is 0 Å². The molecule has 1 unspecified atom stereocenters. The fourth-order valence-corrected chi connectivity index (χ4v) is 2.52. The number of ketones is 2. The second-order valence-electron chi connectivity index (χ2n) is 5.69. The molecule has 2 heteroatoms. The van der Waals surface area contributed by atoms with Crippen molar-refractivity contribution in [3.63, 3.8) is 0 Å². The lowest BCUT2D eigenvalue weighted by Crippen LogP contribution is -2.45. The predicted octanol–water partition coefficient (Wildman–Crippen LogP) is 3.14. The van der Waals surface area contributed by atoms with Crippen molar-refractivity contribution in [3.05, 3.63) is 0 Å². The quantitative estimate of drug-likeness (QED) is 0.717. The molecule has 0 bridgehead atoms. The number of hydrogen-bond donors (Lipinski definition) is 0. The van der Waals surface area contributed by atoms with Gasteiger partial charge in [-0.05, 0) is 31.6 Å². The normalized spacial score (nSPS) is 30.3. The second-order valence-corrected chi connectivity index (χ2v) is 5.69. The summed E-state index contributed by atoms with van der Waals surface area (Å²) < 4.78 is 0. The summed E-state index contributed by atoms with van der Waals surface area (Å²) in [4.78, 5) is 23.1. The Hall–Kier alpha value is -0.660. The molecule has 2 nitrogen and oxygen atoms in total. The summed E-state index contributed by atoms with van der Waals surface area (Å²) in [6.45, 7) is 7.95. The van der Waals surface area contributed by atoms with Crippen molar-refractivity contribution in [2.24, 2.45) is 10.8 Å². The minimum absolute atomic E-state index is 0.0395. The van der Waals surface area contributed by atoms with Gasteiger partial charge in [-0.25, -0.2) is 0 Å². The van der Waals surface area contributed by atoms with Gasteiger partial charge in [-0.15, -0.1) is 0 Å². The highest BCUT2D eigenvalue weighted by Gasteiger charge is 2.48. The Morgan fingerprint density at radius 3 is 2.40 bits per heavy atom. The molecule has 1 rings (SSSR count). The Labute approximate surface area is 92.4 Å². The number of Topliss-reactive ketones (excluding diaryl/α,β-unsaturated/α-hetero) is 2. The molecule has 0 N–H and O–H groups in total. The van der Waals surface area contributed by atoms with E-state index >= 15 is 0 Å². The summed E-state index contributed by atoms with van der Waals surface area (Å²) >= 11 is 0. The van der Waals surface area contributed by atoms with Crippen LogP contribution in [0.2, 0.25) is 0 Å². The van der Waals surface area contributed by atoms with Crippen LogP contribution < -0.4 is 0 Å². The Morgan fingerprint density at radius 1 is 1.33 bits per heavy atom. The molecule has 1 atom stereocenters. The molecule has 0 spiro atoms. The zero-order valence-electron chi connectivity index (χ0n) is 10.4. The van der Waals surface area contributed by atoms with Crippen molar-refractivity contribution in [1.29, 1.82) is 0 Å². The molecular weight excluding hydrogens is 188 g/mol. The first-order valence-electron chi connectivity index (χ1n) is 5.82. The maximum absolute atomic E-state index is 12.0. The monoisotopic (exact) mass is 210 g/mol. The van der Waals surface area contributed by atoms with Crippen LogP contribution >= 0.6 is 0 Å². The average Bonchev–Trinajstić information content (AvgIpc) is 2.11. The molecular formula is C13H22O2. The van der Waals surface area contributed by atoms with Gasteiger partial charge in [0.05, 0.1) is 0 Å². The lowest BCUT2D eigenvalue weighted by molar-refractivity contribution is -0.140. The molecule has 0 aromatic rings. The lowest BCUT2D eigenvalue weighted by Gasteiger charge is -2.46. The highest BCUT2D eigenvalue weighted by atomic mass is 16.1. The van der Waals surface area contributed by atoms with Crippen molar-refractivity contribution in [2.45, 2.75) is 59.8 Å². The van der Waals surface area contributed by atoms with Crippen molar-refractivity contribution in [1.82, 2.24) is 0 Å². The smallest absolute Gasteiger partial charge is 0.139 e. The zero-order chi connectivity index (χ0) is 11.7. The molecule has 1 aliphatic carbocycles. The van der Waals surface area contributed by atoms with Crippen molar-refractivity contribution >= 4 is 11.6 Å². The van der Waals surface area contributed by atoms with Gasteiger partial charge in [-0.1, -0.05) is 20.8 Å². The molecule has 0 aliphatic heterocycles. The Kier molecular flexibility index (Phi) is 3.37. The van der Waals surface area contributed by atoms with Crippen LogP contribution in [0.3, 0.4) is 0 Å². The van der Waals surface area contributed by atoms with E-state index in [1.165, 1.54) is 0 Å². The van der Waals surface area contributed by atoms with Crippen molar-refractivity contribution in [3.8, 4) is 0 Å². The summed E-state index contributed by atoms with van der Waals surface area (Å²) in [5.41, 5.74) is -0.255. The van der Waals surface area contributed by atoms with Crippen LogP contribution in [-0.4, -0.2) is 11.6 Å². The maximum atomic E-state index is 12.0. The summed E-state index contributed by atoms with van der Waals surface area (Å²) in [6.07, 6.45) is 4.03. The van der Waals surface area contributed by atoms with Crippen LogP contribution in [0.15, 0.2) is 0 Å². The van der Waals surface area contributed by atoms with E-state index in [0.717, 1.165) is 12.8 Å². The topological polar surface area (TPSA) is 34.1 Å². The summed E-state index contributed by atoms with van der Waals surface area (Å²) in [6, 6.07) is 0. The molecule has 86 valence electrons. The predicted molar refractivity (Wildman–Crippen MR) is 60.7 cm³/mol.